The van der Waals surface area contributed by atoms with Gasteiger partial charge >= 0.3 is 0 Å². The Morgan fingerprint density at radius 1 is 1.04 bits per heavy atom. The number of nitrogens with one attached hydrogen (secondary N) is 1. The van der Waals surface area contributed by atoms with E-state index < -0.39 is 0 Å². The van der Waals surface area contributed by atoms with E-state index in [4.69, 9.17) is 0 Å². The van der Waals surface area contributed by atoms with Crippen LogP contribution in [-0.2, 0) is 16.0 Å². The highest BCUT2D eigenvalue weighted by molar-refractivity contribution is 9.10. The maximum Gasteiger partial charge on any atom is 0.230 e. The molecule has 4 nitrogen and oxygen atoms in total. The summed E-state index contributed by atoms with van der Waals surface area (Å²) in [5.74, 6) is -0.420. The lowest BCUT2D eigenvalue weighted by Gasteiger charge is -2.17. The second-order valence-electron chi connectivity index (χ2n) is 6.29. The summed E-state index contributed by atoms with van der Waals surface area (Å²) in [6.07, 6.45) is 1.52. The molecule has 1 saturated carbocycles. The second kappa shape index (κ2) is 6.06. The van der Waals surface area contributed by atoms with Crippen LogP contribution in [0.15, 0.2) is 53.0 Å². The molecule has 0 spiro atoms. The van der Waals surface area contributed by atoms with E-state index in [-0.39, 0.29) is 23.7 Å². The number of hydrogen-bond acceptors (Lipinski definition) is 2. The van der Waals surface area contributed by atoms with E-state index in [1.165, 1.54) is 5.56 Å². The van der Waals surface area contributed by atoms with Crippen LogP contribution in [0.1, 0.15) is 12.0 Å². The number of carbonyl (C=O) groups excluding carboxylic acids is 2. The third-order valence-electron chi connectivity index (χ3n) is 4.73. The van der Waals surface area contributed by atoms with Crippen molar-refractivity contribution in [3.63, 3.8) is 0 Å². The Morgan fingerprint density at radius 3 is 2.62 bits per heavy atom. The Morgan fingerprint density at radius 2 is 1.79 bits per heavy atom. The molecule has 1 heterocycles. The molecule has 5 heteroatoms. The zero-order chi connectivity index (χ0) is 16.7. The van der Waals surface area contributed by atoms with Crippen LogP contribution in [0, 0.1) is 11.8 Å². The van der Waals surface area contributed by atoms with Crippen LogP contribution in [-0.4, -0.2) is 18.4 Å². The number of carbonyl (C=O) groups is 2. The fourth-order valence-corrected chi connectivity index (χ4v) is 3.70. The van der Waals surface area contributed by atoms with Gasteiger partial charge in [0.05, 0.1) is 17.5 Å². The van der Waals surface area contributed by atoms with Crippen LogP contribution in [0.25, 0.3) is 0 Å². The summed E-state index contributed by atoms with van der Waals surface area (Å²) in [4.78, 5) is 27.0. The summed E-state index contributed by atoms with van der Waals surface area (Å²) >= 11 is 3.42. The monoisotopic (exact) mass is 384 g/mol. The molecular weight excluding hydrogens is 368 g/mol. The Labute approximate surface area is 149 Å². The van der Waals surface area contributed by atoms with Gasteiger partial charge < -0.3 is 10.2 Å². The number of halogens is 1. The minimum absolute atomic E-state index is 0.0761. The number of rotatable bonds is 3. The summed E-state index contributed by atoms with van der Waals surface area (Å²) in [7, 11) is 0. The van der Waals surface area contributed by atoms with Crippen molar-refractivity contribution in [1.29, 1.82) is 0 Å². The van der Waals surface area contributed by atoms with E-state index in [0.717, 1.165) is 22.3 Å². The van der Waals surface area contributed by atoms with Crippen molar-refractivity contribution >= 4 is 39.1 Å². The minimum atomic E-state index is -0.225. The van der Waals surface area contributed by atoms with Gasteiger partial charge in [-0.1, -0.05) is 30.3 Å². The van der Waals surface area contributed by atoms with Gasteiger partial charge in [0.1, 0.15) is 0 Å². The van der Waals surface area contributed by atoms with Gasteiger partial charge in [0.25, 0.3) is 0 Å². The minimum Gasteiger partial charge on any atom is -0.325 e. The molecular formula is C19H17BrN2O2. The number of anilines is 2. The van der Waals surface area contributed by atoms with Crippen molar-refractivity contribution in [2.24, 2.45) is 11.8 Å². The summed E-state index contributed by atoms with van der Waals surface area (Å²) < 4.78 is 0.843. The molecule has 0 bridgehead atoms. The normalized spacial score (nSPS) is 21.3. The molecule has 1 aliphatic heterocycles. The first-order chi connectivity index (χ1) is 11.6. The summed E-state index contributed by atoms with van der Waals surface area (Å²) in [6, 6.07) is 15.5. The quantitative estimate of drug-likeness (QED) is 0.878. The van der Waals surface area contributed by atoms with Gasteiger partial charge in [0.2, 0.25) is 11.8 Å². The van der Waals surface area contributed by atoms with Crippen LogP contribution >= 0.6 is 15.9 Å². The number of para-hydroxylation sites is 2. The topological polar surface area (TPSA) is 49.4 Å². The Balaban J connectivity index is 1.42. The molecule has 0 saturated heterocycles. The fraction of sp³-hybridized carbons (Fsp3) is 0.263. The highest BCUT2D eigenvalue weighted by atomic mass is 79.9. The predicted octanol–water partition coefficient (Wildman–Crippen LogP) is 3.61. The lowest BCUT2D eigenvalue weighted by molar-refractivity contribution is -0.123. The third-order valence-corrected chi connectivity index (χ3v) is 5.42. The van der Waals surface area contributed by atoms with Gasteiger partial charge in [-0.15, -0.1) is 0 Å². The highest BCUT2D eigenvalue weighted by Crippen LogP contribution is 2.43. The lowest BCUT2D eigenvalue weighted by atomic mass is 10.2. The van der Waals surface area contributed by atoms with E-state index in [1.807, 2.05) is 47.4 Å². The number of benzene rings is 2. The lowest BCUT2D eigenvalue weighted by Crippen LogP contribution is -2.32. The van der Waals surface area contributed by atoms with Gasteiger partial charge in [-0.05, 0) is 52.5 Å². The van der Waals surface area contributed by atoms with Gasteiger partial charge in [0.15, 0.2) is 0 Å². The Bertz CT molecular complexity index is 821. The fourth-order valence-electron chi connectivity index (χ4n) is 3.31. The molecule has 2 aromatic rings. The average molecular weight is 385 g/mol. The molecule has 2 unspecified atom stereocenters. The Kier molecular flexibility index (Phi) is 3.88. The standard InChI is InChI=1S/C19H17BrN2O2/c20-15-6-2-3-7-16(15)21-18(23)13-11-14(13)19(24)22-10-9-12-5-1-4-8-17(12)22/h1-8,13-14H,9-11H2,(H,21,23). The molecule has 1 aliphatic carbocycles. The van der Waals surface area contributed by atoms with Crippen LogP contribution in [0.2, 0.25) is 0 Å². The molecule has 122 valence electrons. The molecule has 0 radical (unpaired) electrons. The molecule has 1 N–H and O–H groups in total. The summed E-state index contributed by atoms with van der Waals surface area (Å²) in [5, 5.41) is 2.91. The number of hydrogen-bond donors (Lipinski definition) is 1. The van der Waals surface area contributed by atoms with Gasteiger partial charge in [0, 0.05) is 16.7 Å². The van der Waals surface area contributed by atoms with E-state index in [9.17, 15) is 9.59 Å². The van der Waals surface area contributed by atoms with Crippen molar-refractivity contribution in [2.75, 3.05) is 16.8 Å². The van der Waals surface area contributed by atoms with Crippen LogP contribution in [0.4, 0.5) is 11.4 Å². The zero-order valence-electron chi connectivity index (χ0n) is 13.0. The van der Waals surface area contributed by atoms with Crippen molar-refractivity contribution in [3.05, 3.63) is 58.6 Å². The zero-order valence-corrected chi connectivity index (χ0v) is 14.6. The molecule has 2 atom stereocenters. The molecule has 4 rings (SSSR count). The molecule has 1 fully saturated rings. The van der Waals surface area contributed by atoms with Gasteiger partial charge in [-0.2, -0.15) is 0 Å². The third kappa shape index (κ3) is 2.73. The molecule has 0 aromatic heterocycles. The van der Waals surface area contributed by atoms with Crippen molar-refractivity contribution in [3.8, 4) is 0 Å². The van der Waals surface area contributed by atoms with E-state index in [1.54, 1.807) is 0 Å². The Hall–Kier alpha value is -2.14. The van der Waals surface area contributed by atoms with E-state index >= 15 is 0 Å². The van der Waals surface area contributed by atoms with E-state index in [2.05, 4.69) is 27.3 Å². The molecule has 24 heavy (non-hydrogen) atoms. The first-order valence-electron chi connectivity index (χ1n) is 8.10. The molecule has 2 amide bonds. The van der Waals surface area contributed by atoms with Crippen molar-refractivity contribution in [1.82, 2.24) is 0 Å². The number of nitrogens with zero attached hydrogens (tertiary/aromatic N) is 1. The SMILES string of the molecule is O=C(Nc1ccccc1Br)C1CC1C(=O)N1CCc2ccccc21. The maximum absolute atomic E-state index is 12.7. The first kappa shape index (κ1) is 15.4. The number of fused-ring (bicyclic) bond motifs is 1. The smallest absolute Gasteiger partial charge is 0.230 e. The van der Waals surface area contributed by atoms with Gasteiger partial charge in [-0.25, -0.2) is 0 Å². The van der Waals surface area contributed by atoms with Crippen molar-refractivity contribution in [2.45, 2.75) is 12.8 Å². The first-order valence-corrected chi connectivity index (χ1v) is 8.89. The van der Waals surface area contributed by atoms with Gasteiger partial charge in [-0.3, -0.25) is 9.59 Å². The van der Waals surface area contributed by atoms with Crippen LogP contribution < -0.4 is 10.2 Å². The maximum atomic E-state index is 12.7. The summed E-state index contributed by atoms with van der Waals surface area (Å²) in [6.45, 7) is 0.716. The molecule has 2 aromatic carbocycles. The largest absolute Gasteiger partial charge is 0.325 e. The van der Waals surface area contributed by atoms with Crippen LogP contribution in [0.5, 0.6) is 0 Å². The molecule has 2 aliphatic rings. The van der Waals surface area contributed by atoms with E-state index in [0.29, 0.717) is 13.0 Å². The average Bonchev–Trinajstić information content (AvgIpc) is 3.28. The highest BCUT2D eigenvalue weighted by Gasteiger charge is 2.50. The second-order valence-corrected chi connectivity index (χ2v) is 7.14. The van der Waals surface area contributed by atoms with Crippen molar-refractivity contribution < 1.29 is 9.59 Å². The number of amides is 2. The summed E-state index contributed by atoms with van der Waals surface area (Å²) in [5.41, 5.74) is 2.95. The van der Waals surface area contributed by atoms with Crippen LogP contribution in [0.3, 0.4) is 0 Å². The predicted molar refractivity (Wildman–Crippen MR) is 96.9 cm³/mol.